The summed E-state index contributed by atoms with van der Waals surface area (Å²) < 4.78 is 0. The number of hydrogen-bond acceptors (Lipinski definition) is 3. The highest BCUT2D eigenvalue weighted by Crippen LogP contribution is 2.16. The third kappa shape index (κ3) is 2.19. The minimum atomic E-state index is 0.635. The summed E-state index contributed by atoms with van der Waals surface area (Å²) >= 11 is 0. The quantitative estimate of drug-likeness (QED) is 0.343. The first kappa shape index (κ1) is 8.53. The van der Waals surface area contributed by atoms with Gasteiger partial charge in [0.25, 0.3) is 0 Å². The molecule has 3 heteroatoms. The van der Waals surface area contributed by atoms with Crippen LogP contribution in [0.2, 0.25) is 0 Å². The van der Waals surface area contributed by atoms with Crippen molar-refractivity contribution in [1.29, 1.82) is 0 Å². The van der Waals surface area contributed by atoms with Gasteiger partial charge in [-0.1, -0.05) is 0 Å². The lowest BCUT2D eigenvalue weighted by molar-refractivity contribution is 0.251. The number of hydrazone groups is 1. The van der Waals surface area contributed by atoms with Gasteiger partial charge in [0.15, 0.2) is 0 Å². The zero-order valence-corrected chi connectivity index (χ0v) is 7.38. The molecule has 0 amide bonds. The van der Waals surface area contributed by atoms with Gasteiger partial charge in [-0.15, -0.1) is 0 Å². The summed E-state index contributed by atoms with van der Waals surface area (Å²) in [5, 5.41) is 3.74. The Bertz CT molecular complexity index is 145. The van der Waals surface area contributed by atoms with Crippen LogP contribution in [0.15, 0.2) is 5.10 Å². The highest BCUT2D eigenvalue weighted by molar-refractivity contribution is 5.84. The summed E-state index contributed by atoms with van der Waals surface area (Å²) in [6, 6.07) is 0. The zero-order valence-electron chi connectivity index (χ0n) is 7.38. The lowest BCUT2D eigenvalue weighted by Crippen LogP contribution is -2.33. The molecule has 0 aliphatic carbocycles. The van der Waals surface area contributed by atoms with Gasteiger partial charge in [0.2, 0.25) is 0 Å². The van der Waals surface area contributed by atoms with Crippen molar-refractivity contribution in [3.8, 4) is 0 Å². The van der Waals surface area contributed by atoms with Crippen molar-refractivity contribution in [3.63, 3.8) is 0 Å². The van der Waals surface area contributed by atoms with E-state index in [1.165, 1.54) is 25.9 Å². The van der Waals surface area contributed by atoms with E-state index in [1.54, 1.807) is 0 Å². The molecule has 0 unspecified atom stereocenters. The minimum Gasteiger partial charge on any atom is -0.323 e. The first-order chi connectivity index (χ1) is 5.24. The SMILES string of the molecule is C/C(=N\N)C1CCN(C)CC1. The van der Waals surface area contributed by atoms with E-state index in [0.717, 1.165) is 5.71 Å². The molecule has 0 bridgehead atoms. The molecule has 1 heterocycles. The summed E-state index contributed by atoms with van der Waals surface area (Å²) in [5.74, 6) is 5.85. The van der Waals surface area contributed by atoms with Crippen molar-refractivity contribution in [2.45, 2.75) is 19.8 Å². The molecule has 1 aliphatic rings. The van der Waals surface area contributed by atoms with Gasteiger partial charge in [-0.3, -0.25) is 0 Å². The van der Waals surface area contributed by atoms with Gasteiger partial charge in [0.05, 0.1) is 0 Å². The number of rotatable bonds is 1. The third-order valence-corrected chi connectivity index (χ3v) is 2.51. The van der Waals surface area contributed by atoms with Crippen LogP contribution in [-0.4, -0.2) is 30.7 Å². The molecule has 64 valence electrons. The number of hydrogen-bond donors (Lipinski definition) is 1. The summed E-state index contributed by atoms with van der Waals surface area (Å²) in [6.07, 6.45) is 2.42. The zero-order chi connectivity index (χ0) is 8.27. The van der Waals surface area contributed by atoms with Crippen LogP contribution in [0.5, 0.6) is 0 Å². The Labute approximate surface area is 68.3 Å². The molecule has 0 aromatic carbocycles. The van der Waals surface area contributed by atoms with Gasteiger partial charge in [0.1, 0.15) is 0 Å². The molecule has 3 nitrogen and oxygen atoms in total. The molecule has 1 rings (SSSR count). The molecular weight excluding hydrogens is 138 g/mol. The Morgan fingerprint density at radius 2 is 2.00 bits per heavy atom. The molecular formula is C8H17N3. The second-order valence-corrected chi connectivity index (χ2v) is 3.35. The van der Waals surface area contributed by atoms with Crippen LogP contribution in [0.1, 0.15) is 19.8 Å². The molecule has 0 atom stereocenters. The van der Waals surface area contributed by atoms with Crippen molar-refractivity contribution in [2.75, 3.05) is 20.1 Å². The van der Waals surface area contributed by atoms with Crippen molar-refractivity contribution in [1.82, 2.24) is 4.90 Å². The van der Waals surface area contributed by atoms with Crippen LogP contribution in [0.4, 0.5) is 0 Å². The van der Waals surface area contributed by atoms with Crippen LogP contribution >= 0.6 is 0 Å². The second-order valence-electron chi connectivity index (χ2n) is 3.35. The minimum absolute atomic E-state index is 0.635. The number of nitrogens with two attached hydrogens (primary N) is 1. The van der Waals surface area contributed by atoms with Crippen molar-refractivity contribution in [2.24, 2.45) is 16.9 Å². The standard InChI is InChI=1S/C8H17N3/c1-7(10-9)8-3-5-11(2)6-4-8/h8H,3-6,9H2,1-2H3/b10-7+. The fourth-order valence-electron chi connectivity index (χ4n) is 1.53. The van der Waals surface area contributed by atoms with Crippen LogP contribution in [-0.2, 0) is 0 Å². The summed E-state index contributed by atoms with van der Waals surface area (Å²) in [6.45, 7) is 4.38. The van der Waals surface area contributed by atoms with E-state index in [2.05, 4.69) is 17.0 Å². The number of likely N-dealkylation sites (tertiary alicyclic amines) is 1. The molecule has 0 spiro atoms. The van der Waals surface area contributed by atoms with Crippen molar-refractivity contribution in [3.05, 3.63) is 0 Å². The Morgan fingerprint density at radius 1 is 1.45 bits per heavy atom. The Hall–Kier alpha value is -0.570. The molecule has 11 heavy (non-hydrogen) atoms. The smallest absolute Gasteiger partial charge is 0.0376 e. The van der Waals surface area contributed by atoms with E-state index in [9.17, 15) is 0 Å². The number of piperidine rings is 1. The maximum absolute atomic E-state index is 5.21. The van der Waals surface area contributed by atoms with E-state index < -0.39 is 0 Å². The van der Waals surface area contributed by atoms with Crippen molar-refractivity contribution >= 4 is 5.71 Å². The van der Waals surface area contributed by atoms with Crippen LogP contribution in [0.3, 0.4) is 0 Å². The molecule has 0 radical (unpaired) electrons. The average Bonchev–Trinajstić information content (AvgIpc) is 2.05. The lowest BCUT2D eigenvalue weighted by atomic mass is 9.93. The van der Waals surface area contributed by atoms with Gasteiger partial charge in [-0.05, 0) is 39.9 Å². The van der Waals surface area contributed by atoms with Crippen LogP contribution in [0, 0.1) is 5.92 Å². The van der Waals surface area contributed by atoms with E-state index in [4.69, 9.17) is 5.84 Å². The highest BCUT2D eigenvalue weighted by atomic mass is 15.1. The predicted molar refractivity (Wildman–Crippen MR) is 47.5 cm³/mol. The fraction of sp³-hybridized carbons (Fsp3) is 0.875. The maximum Gasteiger partial charge on any atom is 0.0376 e. The molecule has 0 aromatic rings. The second kappa shape index (κ2) is 3.72. The molecule has 0 saturated carbocycles. The number of nitrogens with zero attached hydrogens (tertiary/aromatic N) is 2. The molecule has 2 N–H and O–H groups in total. The topological polar surface area (TPSA) is 41.6 Å². The van der Waals surface area contributed by atoms with Crippen molar-refractivity contribution < 1.29 is 0 Å². The van der Waals surface area contributed by atoms with Gasteiger partial charge in [-0.2, -0.15) is 5.10 Å². The van der Waals surface area contributed by atoms with Crippen LogP contribution in [0.25, 0.3) is 0 Å². The lowest BCUT2D eigenvalue weighted by Gasteiger charge is -2.28. The first-order valence-electron chi connectivity index (χ1n) is 4.17. The summed E-state index contributed by atoms with van der Waals surface area (Å²) in [7, 11) is 2.16. The van der Waals surface area contributed by atoms with Gasteiger partial charge < -0.3 is 10.7 Å². The molecule has 0 aromatic heterocycles. The maximum atomic E-state index is 5.21. The fourth-order valence-corrected chi connectivity index (χ4v) is 1.53. The third-order valence-electron chi connectivity index (χ3n) is 2.51. The Morgan fingerprint density at radius 3 is 2.45 bits per heavy atom. The normalized spacial score (nSPS) is 24.0. The predicted octanol–water partition coefficient (Wildman–Crippen LogP) is 0.663. The van der Waals surface area contributed by atoms with E-state index in [-0.39, 0.29) is 0 Å². The molecule has 1 aliphatic heterocycles. The average molecular weight is 155 g/mol. The van der Waals surface area contributed by atoms with E-state index in [0.29, 0.717) is 5.92 Å². The Kier molecular flexibility index (Phi) is 2.88. The largest absolute Gasteiger partial charge is 0.323 e. The first-order valence-corrected chi connectivity index (χ1v) is 4.17. The molecule has 1 saturated heterocycles. The highest BCUT2D eigenvalue weighted by Gasteiger charge is 2.18. The summed E-state index contributed by atoms with van der Waals surface area (Å²) in [4.78, 5) is 2.35. The Balaban J connectivity index is 2.39. The molecule has 1 fully saturated rings. The van der Waals surface area contributed by atoms with Gasteiger partial charge in [0, 0.05) is 11.6 Å². The van der Waals surface area contributed by atoms with Crippen LogP contribution < -0.4 is 5.84 Å². The van der Waals surface area contributed by atoms with E-state index in [1.807, 2.05) is 6.92 Å². The van der Waals surface area contributed by atoms with Gasteiger partial charge >= 0.3 is 0 Å². The monoisotopic (exact) mass is 155 g/mol. The summed E-state index contributed by atoms with van der Waals surface area (Å²) in [5.41, 5.74) is 1.11. The van der Waals surface area contributed by atoms with E-state index >= 15 is 0 Å². The van der Waals surface area contributed by atoms with Gasteiger partial charge in [-0.25, -0.2) is 0 Å².